The van der Waals surface area contributed by atoms with E-state index in [0.29, 0.717) is 0 Å². The summed E-state index contributed by atoms with van der Waals surface area (Å²) in [5.41, 5.74) is 0. The van der Waals surface area contributed by atoms with E-state index >= 15 is 0 Å². The van der Waals surface area contributed by atoms with Crippen LogP contribution >= 0.6 is 24.8 Å². The molecule has 0 aliphatic heterocycles. The summed E-state index contributed by atoms with van der Waals surface area (Å²) in [4.78, 5) is 0. The van der Waals surface area contributed by atoms with E-state index in [-0.39, 0.29) is 51.0 Å². The van der Waals surface area contributed by atoms with Crippen molar-refractivity contribution < 1.29 is 26.2 Å². The van der Waals surface area contributed by atoms with Crippen LogP contribution in [0.4, 0.5) is 0 Å². The summed E-state index contributed by atoms with van der Waals surface area (Å²) < 4.78 is 0. The van der Waals surface area contributed by atoms with Gasteiger partial charge >= 0.3 is 0 Å². The third-order valence-corrected chi connectivity index (χ3v) is 0.304. The van der Waals surface area contributed by atoms with Crippen LogP contribution in [0.25, 0.3) is 0 Å². The van der Waals surface area contributed by atoms with Gasteiger partial charge in [-0.1, -0.05) is 6.92 Å². The summed E-state index contributed by atoms with van der Waals surface area (Å²) >= 11 is 0. The maximum absolute atomic E-state index is 4.93. The van der Waals surface area contributed by atoms with E-state index in [0.717, 1.165) is 0 Å². The van der Waals surface area contributed by atoms with Gasteiger partial charge < -0.3 is 0 Å². The van der Waals surface area contributed by atoms with Gasteiger partial charge in [0.15, 0.2) is 0 Å². The fourth-order valence-electron chi connectivity index (χ4n) is 0.111. The Labute approximate surface area is 82.4 Å². The van der Waals surface area contributed by atoms with Crippen LogP contribution in [0.2, 0.25) is 0 Å². The largest absolute Gasteiger partial charge is 0.293 e. The minimum atomic E-state index is 0. The minimum absolute atomic E-state index is 0. The summed E-state index contributed by atoms with van der Waals surface area (Å²) in [7, 11) is 0. The summed E-state index contributed by atoms with van der Waals surface area (Å²) in [6.45, 7) is 6.85. The molecule has 0 bridgehead atoms. The third-order valence-electron chi connectivity index (χ3n) is 0.304. The van der Waals surface area contributed by atoms with Crippen molar-refractivity contribution in [2.75, 3.05) is 0 Å². The predicted octanol–water partition coefficient (Wildman–Crippen LogP) is 2.39. The van der Waals surface area contributed by atoms with Crippen LogP contribution in [0.3, 0.4) is 0 Å². The molecule has 0 aromatic carbocycles. The number of halogens is 2. The van der Waals surface area contributed by atoms with Crippen molar-refractivity contribution in [3.05, 3.63) is 24.8 Å². The Bertz CT molecular complexity index is 52.4. The molecule has 8 heavy (non-hydrogen) atoms. The van der Waals surface area contributed by atoms with Crippen LogP contribution < -0.4 is 0 Å². The average Bonchev–Trinajstić information content (AvgIpc) is 1.41. The quantitative estimate of drug-likeness (QED) is 0.480. The van der Waals surface area contributed by atoms with Crippen LogP contribution in [0.1, 0.15) is 6.92 Å². The molecule has 3 heteroatoms. The molecule has 0 radical (unpaired) electrons. The molecule has 0 fully saturated rings. The maximum Gasteiger partial charge on any atom is 0 e. The molecule has 0 unspecified atom stereocenters. The molecule has 0 aromatic heterocycles. The van der Waals surface area contributed by atoms with Crippen molar-refractivity contribution in [3.8, 4) is 0 Å². The van der Waals surface area contributed by atoms with Crippen molar-refractivity contribution in [1.29, 1.82) is 0 Å². The zero-order valence-electron chi connectivity index (χ0n) is 4.63. The zero-order chi connectivity index (χ0) is 4.12. The summed E-state index contributed by atoms with van der Waals surface area (Å²) in [6, 6.07) is 0. The number of hydrogen-bond donors (Lipinski definition) is 0. The molecule has 0 saturated heterocycles. The van der Waals surface area contributed by atoms with Gasteiger partial charge in [0.05, 0.1) is 0 Å². The molecule has 0 aromatic rings. The van der Waals surface area contributed by atoms with Gasteiger partial charge in [0, 0.05) is 26.2 Å². The molecule has 0 rings (SSSR count). The van der Waals surface area contributed by atoms with E-state index in [1.807, 2.05) is 13.0 Å². The first-order valence-electron chi connectivity index (χ1n) is 1.58. The number of hydrogen-bond acceptors (Lipinski definition) is 0. The van der Waals surface area contributed by atoms with Crippen LogP contribution in [-0.2, 0) is 26.2 Å². The molecule has 0 nitrogen and oxygen atoms in total. The smallest absolute Gasteiger partial charge is 0 e. The Hall–Kier alpha value is 0.943. The normalized spacial score (nSPS) is 5.62. The molecule has 0 atom stereocenters. The second kappa shape index (κ2) is 24.6. The summed E-state index contributed by atoms with van der Waals surface area (Å²) in [6.07, 6.45) is 5.15. The van der Waals surface area contributed by atoms with Gasteiger partial charge in [-0.25, -0.2) is 12.2 Å². The maximum atomic E-state index is 4.93. The first-order valence-corrected chi connectivity index (χ1v) is 1.58. The zero-order valence-corrected chi connectivity index (χ0v) is 8.72. The van der Waals surface area contributed by atoms with Gasteiger partial charge in [0.2, 0.25) is 0 Å². The fourth-order valence-corrected chi connectivity index (χ4v) is 0.111. The SMILES string of the molecule is Cl.Cl.[CH-]=CC=CC.[Zr]. The van der Waals surface area contributed by atoms with E-state index in [4.69, 9.17) is 6.58 Å². The van der Waals surface area contributed by atoms with Gasteiger partial charge in [-0.3, -0.25) is 6.58 Å². The molecular weight excluding hydrogens is 222 g/mol. The fraction of sp³-hybridized carbons (Fsp3) is 0.200. The molecule has 0 heterocycles. The molecule has 48 valence electrons. The van der Waals surface area contributed by atoms with Crippen molar-refractivity contribution in [2.45, 2.75) is 6.92 Å². The predicted molar refractivity (Wildman–Crippen MR) is 38.2 cm³/mol. The van der Waals surface area contributed by atoms with Gasteiger partial charge in [-0.15, -0.1) is 24.8 Å². The Morgan fingerprint density at radius 2 is 1.62 bits per heavy atom. The van der Waals surface area contributed by atoms with Gasteiger partial charge in [0.1, 0.15) is 0 Å². The van der Waals surface area contributed by atoms with Crippen molar-refractivity contribution in [1.82, 2.24) is 0 Å². The van der Waals surface area contributed by atoms with Crippen molar-refractivity contribution in [3.63, 3.8) is 0 Å². The van der Waals surface area contributed by atoms with Crippen molar-refractivity contribution >= 4 is 24.8 Å². The topological polar surface area (TPSA) is 0 Å². The van der Waals surface area contributed by atoms with Crippen LogP contribution in [0.5, 0.6) is 0 Å². The first kappa shape index (κ1) is 23.1. The van der Waals surface area contributed by atoms with Crippen LogP contribution in [0.15, 0.2) is 18.2 Å². The van der Waals surface area contributed by atoms with E-state index in [1.54, 1.807) is 6.08 Å². The standard InChI is InChI=1S/C5H7.2ClH.Zr/c1-3-5-4-2;;;/h1,3-5H,2H3;2*1H;/q-1;;;. The van der Waals surface area contributed by atoms with Gasteiger partial charge in [-0.05, 0) is 0 Å². The molecule has 0 saturated carbocycles. The Morgan fingerprint density at radius 3 is 1.62 bits per heavy atom. The molecule has 0 amide bonds. The summed E-state index contributed by atoms with van der Waals surface area (Å²) in [5, 5.41) is 0. The Kier molecular flexibility index (Phi) is 71.1. The van der Waals surface area contributed by atoms with E-state index in [2.05, 4.69) is 0 Å². The van der Waals surface area contributed by atoms with Crippen molar-refractivity contribution in [2.24, 2.45) is 0 Å². The Morgan fingerprint density at radius 1 is 1.25 bits per heavy atom. The number of rotatable bonds is 1. The molecule has 0 N–H and O–H groups in total. The van der Waals surface area contributed by atoms with Crippen LogP contribution in [0, 0.1) is 6.58 Å². The average molecular weight is 231 g/mol. The van der Waals surface area contributed by atoms with E-state index in [1.165, 1.54) is 6.08 Å². The van der Waals surface area contributed by atoms with Gasteiger partial charge in [0.25, 0.3) is 0 Å². The Balaban J connectivity index is -0.0000000267. The summed E-state index contributed by atoms with van der Waals surface area (Å²) in [5.74, 6) is 0. The first-order chi connectivity index (χ1) is 2.41. The minimum Gasteiger partial charge on any atom is -0.293 e. The van der Waals surface area contributed by atoms with Crippen LogP contribution in [-0.4, -0.2) is 0 Å². The van der Waals surface area contributed by atoms with E-state index < -0.39 is 0 Å². The molecular formula is C5H9Cl2Zr-. The van der Waals surface area contributed by atoms with Gasteiger partial charge in [-0.2, -0.15) is 6.08 Å². The number of allylic oxidation sites excluding steroid dienone is 3. The third kappa shape index (κ3) is 28.3. The molecule has 0 spiro atoms. The molecule has 0 aliphatic rings. The van der Waals surface area contributed by atoms with E-state index in [9.17, 15) is 0 Å². The molecule has 0 aliphatic carbocycles. The second-order valence-electron chi connectivity index (χ2n) is 0.718. The second-order valence-corrected chi connectivity index (χ2v) is 0.718. The monoisotopic (exact) mass is 229 g/mol.